The van der Waals surface area contributed by atoms with Crippen LogP contribution in [0.5, 0.6) is 0 Å². The van der Waals surface area contributed by atoms with Crippen LogP contribution in [-0.2, 0) is 0 Å². The molecule has 2 aliphatic heterocycles. The van der Waals surface area contributed by atoms with Crippen LogP contribution in [0.1, 0.15) is 40.7 Å². The third kappa shape index (κ3) is 2.99. The Labute approximate surface area is 127 Å². The van der Waals surface area contributed by atoms with Gasteiger partial charge < -0.3 is 10.2 Å². The number of hydrogen-bond acceptors (Lipinski definition) is 2. The van der Waals surface area contributed by atoms with Crippen LogP contribution in [-0.4, -0.2) is 36.0 Å². The lowest BCUT2D eigenvalue weighted by Gasteiger charge is -2.24. The number of halogens is 1. The summed E-state index contributed by atoms with van der Waals surface area (Å²) in [6.45, 7) is 5.90. The van der Waals surface area contributed by atoms with Crippen molar-refractivity contribution < 1.29 is 4.79 Å². The number of carbonyl (C=O) groups excluding carboxylic acids is 1. The standard InChI is InChI=1S/C16H22N2O.ClH/c1-11-3-4-13(9-12(11)2)16(19)18-8-7-14-5-6-15(10-18)17-14;/h3-4,9,14-15,17H,5-8,10H2,1-2H3;1H. The highest BCUT2D eigenvalue weighted by Gasteiger charge is 2.31. The molecule has 0 saturated carbocycles. The molecule has 1 amide bonds. The first kappa shape index (κ1) is 15.3. The number of rotatable bonds is 1. The average Bonchev–Trinajstić information content (AvgIpc) is 2.72. The number of nitrogens with zero attached hydrogens (tertiary/aromatic N) is 1. The van der Waals surface area contributed by atoms with E-state index in [1.165, 1.54) is 24.0 Å². The molecule has 1 aromatic carbocycles. The summed E-state index contributed by atoms with van der Waals surface area (Å²) in [7, 11) is 0. The van der Waals surface area contributed by atoms with E-state index >= 15 is 0 Å². The van der Waals surface area contributed by atoms with Crippen LogP contribution in [0.15, 0.2) is 18.2 Å². The Bertz CT molecular complexity index is 503. The Morgan fingerprint density at radius 1 is 1.15 bits per heavy atom. The van der Waals surface area contributed by atoms with Gasteiger partial charge in [-0.15, -0.1) is 12.4 Å². The highest BCUT2D eigenvalue weighted by molar-refractivity contribution is 5.94. The van der Waals surface area contributed by atoms with Gasteiger partial charge in [-0.25, -0.2) is 0 Å². The van der Waals surface area contributed by atoms with Gasteiger partial charge in [-0.1, -0.05) is 6.07 Å². The number of hydrogen-bond donors (Lipinski definition) is 1. The van der Waals surface area contributed by atoms with Crippen LogP contribution < -0.4 is 5.32 Å². The summed E-state index contributed by atoms with van der Waals surface area (Å²) >= 11 is 0. The molecule has 2 fully saturated rings. The van der Waals surface area contributed by atoms with Crippen molar-refractivity contribution in [2.75, 3.05) is 13.1 Å². The Balaban J connectivity index is 0.00000147. The van der Waals surface area contributed by atoms with Gasteiger partial charge in [-0.05, 0) is 56.4 Å². The third-order valence-corrected chi connectivity index (χ3v) is 4.56. The SMILES string of the molecule is Cc1ccc(C(=O)N2CCC3CCC(C2)N3)cc1C.Cl. The largest absolute Gasteiger partial charge is 0.337 e. The van der Waals surface area contributed by atoms with Crippen molar-refractivity contribution in [1.29, 1.82) is 0 Å². The average molecular weight is 295 g/mol. The normalized spacial score (nSPS) is 25.0. The Hall–Kier alpha value is -1.06. The predicted octanol–water partition coefficient (Wildman–Crippen LogP) is 2.69. The van der Waals surface area contributed by atoms with E-state index < -0.39 is 0 Å². The molecule has 2 heterocycles. The van der Waals surface area contributed by atoms with Crippen molar-refractivity contribution >= 4 is 18.3 Å². The lowest BCUT2D eigenvalue weighted by atomic mass is 10.0. The second-order valence-corrected chi connectivity index (χ2v) is 5.98. The Kier molecular flexibility index (Phi) is 4.71. The first-order valence-corrected chi connectivity index (χ1v) is 7.26. The number of nitrogens with one attached hydrogen (secondary N) is 1. The maximum atomic E-state index is 12.6. The third-order valence-electron chi connectivity index (χ3n) is 4.56. The second-order valence-electron chi connectivity index (χ2n) is 5.98. The van der Waals surface area contributed by atoms with Gasteiger partial charge in [0, 0.05) is 30.7 Å². The molecule has 2 atom stereocenters. The number of aryl methyl sites for hydroxylation is 2. The van der Waals surface area contributed by atoms with Gasteiger partial charge in [0.05, 0.1) is 0 Å². The van der Waals surface area contributed by atoms with Crippen LogP contribution in [0.4, 0.5) is 0 Å². The van der Waals surface area contributed by atoms with Crippen LogP contribution in [0.2, 0.25) is 0 Å². The van der Waals surface area contributed by atoms with Crippen molar-refractivity contribution in [3.8, 4) is 0 Å². The minimum Gasteiger partial charge on any atom is -0.337 e. The zero-order valence-electron chi connectivity index (χ0n) is 12.2. The summed E-state index contributed by atoms with van der Waals surface area (Å²) < 4.78 is 0. The highest BCUT2D eigenvalue weighted by Crippen LogP contribution is 2.22. The fraction of sp³-hybridized carbons (Fsp3) is 0.562. The molecule has 0 radical (unpaired) electrons. The van der Waals surface area contributed by atoms with Crippen LogP contribution in [0.3, 0.4) is 0 Å². The summed E-state index contributed by atoms with van der Waals surface area (Å²) in [6, 6.07) is 7.16. The Morgan fingerprint density at radius 2 is 1.90 bits per heavy atom. The maximum absolute atomic E-state index is 12.6. The molecule has 4 heteroatoms. The molecule has 1 N–H and O–H groups in total. The molecule has 0 aromatic heterocycles. The van der Waals surface area contributed by atoms with E-state index in [9.17, 15) is 4.79 Å². The monoisotopic (exact) mass is 294 g/mol. The first-order valence-electron chi connectivity index (χ1n) is 7.26. The Morgan fingerprint density at radius 3 is 2.65 bits per heavy atom. The molecule has 1 aromatic rings. The van der Waals surface area contributed by atoms with Gasteiger partial charge >= 0.3 is 0 Å². The molecule has 0 spiro atoms. The van der Waals surface area contributed by atoms with E-state index in [2.05, 4.69) is 19.2 Å². The van der Waals surface area contributed by atoms with Gasteiger partial charge in [-0.2, -0.15) is 0 Å². The quantitative estimate of drug-likeness (QED) is 0.864. The van der Waals surface area contributed by atoms with E-state index in [1.807, 2.05) is 23.1 Å². The lowest BCUT2D eigenvalue weighted by Crippen LogP contribution is -2.39. The minimum absolute atomic E-state index is 0. The molecule has 2 saturated heterocycles. The molecule has 110 valence electrons. The zero-order valence-corrected chi connectivity index (χ0v) is 13.0. The number of benzene rings is 1. The van der Waals surface area contributed by atoms with Gasteiger partial charge in [-0.3, -0.25) is 4.79 Å². The zero-order chi connectivity index (χ0) is 13.4. The summed E-state index contributed by atoms with van der Waals surface area (Å²) in [5.41, 5.74) is 3.27. The fourth-order valence-corrected chi connectivity index (χ4v) is 3.18. The van der Waals surface area contributed by atoms with Crippen LogP contribution in [0, 0.1) is 13.8 Å². The fourth-order valence-electron chi connectivity index (χ4n) is 3.18. The molecular formula is C16H23ClN2O. The molecular weight excluding hydrogens is 272 g/mol. The van der Waals surface area contributed by atoms with Gasteiger partial charge in [0.2, 0.25) is 0 Å². The molecule has 2 unspecified atom stereocenters. The lowest BCUT2D eigenvalue weighted by molar-refractivity contribution is 0.0748. The molecule has 2 bridgehead atoms. The predicted molar refractivity (Wildman–Crippen MR) is 83.6 cm³/mol. The number of fused-ring (bicyclic) bond motifs is 2. The summed E-state index contributed by atoms with van der Waals surface area (Å²) in [5.74, 6) is 0.192. The summed E-state index contributed by atoms with van der Waals surface area (Å²) in [4.78, 5) is 14.6. The van der Waals surface area contributed by atoms with E-state index in [-0.39, 0.29) is 18.3 Å². The first-order chi connectivity index (χ1) is 9.13. The summed E-state index contributed by atoms with van der Waals surface area (Å²) in [5, 5.41) is 3.62. The van der Waals surface area contributed by atoms with Crippen molar-refractivity contribution in [3.05, 3.63) is 34.9 Å². The van der Waals surface area contributed by atoms with Gasteiger partial charge in [0.15, 0.2) is 0 Å². The van der Waals surface area contributed by atoms with E-state index in [1.54, 1.807) is 0 Å². The van der Waals surface area contributed by atoms with Crippen molar-refractivity contribution in [2.45, 2.75) is 45.2 Å². The minimum atomic E-state index is 0. The van der Waals surface area contributed by atoms with Gasteiger partial charge in [0.25, 0.3) is 5.91 Å². The topological polar surface area (TPSA) is 32.3 Å². The van der Waals surface area contributed by atoms with Crippen LogP contribution in [0.25, 0.3) is 0 Å². The molecule has 0 aliphatic carbocycles. The van der Waals surface area contributed by atoms with Gasteiger partial charge in [0.1, 0.15) is 0 Å². The smallest absolute Gasteiger partial charge is 0.253 e. The summed E-state index contributed by atoms with van der Waals surface area (Å²) in [6.07, 6.45) is 3.57. The highest BCUT2D eigenvalue weighted by atomic mass is 35.5. The molecule has 3 rings (SSSR count). The van der Waals surface area contributed by atoms with Crippen LogP contribution >= 0.6 is 12.4 Å². The van der Waals surface area contributed by atoms with Crippen molar-refractivity contribution in [3.63, 3.8) is 0 Å². The molecule has 20 heavy (non-hydrogen) atoms. The van der Waals surface area contributed by atoms with E-state index in [4.69, 9.17) is 0 Å². The van der Waals surface area contributed by atoms with Crippen molar-refractivity contribution in [1.82, 2.24) is 10.2 Å². The number of carbonyl (C=O) groups is 1. The van der Waals surface area contributed by atoms with E-state index in [0.717, 1.165) is 25.1 Å². The molecule has 3 nitrogen and oxygen atoms in total. The number of amides is 1. The van der Waals surface area contributed by atoms with Crippen molar-refractivity contribution in [2.24, 2.45) is 0 Å². The second kappa shape index (κ2) is 6.15. The van der Waals surface area contributed by atoms with E-state index in [0.29, 0.717) is 12.1 Å². The number of likely N-dealkylation sites (tertiary alicyclic amines) is 1. The maximum Gasteiger partial charge on any atom is 0.253 e. The molecule has 2 aliphatic rings.